The average Bonchev–Trinajstić information content (AvgIpc) is 2.84. The van der Waals surface area contributed by atoms with Crippen molar-refractivity contribution in [1.29, 1.82) is 0 Å². The van der Waals surface area contributed by atoms with E-state index in [0.29, 0.717) is 11.9 Å². The third kappa shape index (κ3) is 3.87. The van der Waals surface area contributed by atoms with Crippen LogP contribution < -0.4 is 5.56 Å². The van der Waals surface area contributed by atoms with Crippen molar-refractivity contribution in [3.63, 3.8) is 0 Å². The summed E-state index contributed by atoms with van der Waals surface area (Å²) in [6.45, 7) is 9.18. The highest BCUT2D eigenvalue weighted by Gasteiger charge is 2.26. The number of nitrogens with zero attached hydrogens (tertiary/aromatic N) is 4. The minimum Gasteiger partial charge on any atom is -0.305 e. The molecule has 0 radical (unpaired) electrons. The number of halogens is 1. The van der Waals surface area contributed by atoms with Crippen LogP contribution >= 0.6 is 15.9 Å². The Labute approximate surface area is 164 Å². The summed E-state index contributed by atoms with van der Waals surface area (Å²) < 4.78 is 2.70. The zero-order valence-electron chi connectivity index (χ0n) is 16.0. The second-order valence-electron chi connectivity index (χ2n) is 7.15. The van der Waals surface area contributed by atoms with Crippen LogP contribution in [0.3, 0.4) is 0 Å². The largest absolute Gasteiger partial charge is 0.305 e. The molecule has 1 aliphatic heterocycles. The van der Waals surface area contributed by atoms with E-state index in [1.165, 1.54) is 0 Å². The van der Waals surface area contributed by atoms with Crippen LogP contribution in [0.5, 0.6) is 0 Å². The fourth-order valence-corrected chi connectivity index (χ4v) is 4.45. The molecule has 1 saturated heterocycles. The third-order valence-electron chi connectivity index (χ3n) is 5.33. The van der Waals surface area contributed by atoms with Gasteiger partial charge in [-0.25, -0.2) is 4.98 Å². The molecule has 1 fully saturated rings. The van der Waals surface area contributed by atoms with Crippen LogP contribution in [-0.2, 0) is 6.54 Å². The molecule has 1 atom stereocenters. The molecule has 142 valence electrons. The summed E-state index contributed by atoms with van der Waals surface area (Å²) in [6, 6.07) is 6.01. The normalized spacial score (nSPS) is 18.2. The molecule has 2 heterocycles. The standard InChI is InChI=1S/C20H29BrN4O/c1-4-8-17(24-12-7-11-23(3)13-14-24)19-22-16-10-6-9-15(21)18(16)20(26)25(19)5-2/h6,9-10,17H,4-5,7-8,11-14H2,1-3H3. The SMILES string of the molecule is CCCC(c1nc2cccc(Br)c2c(=O)n1CC)N1CCCN(C)CC1. The van der Waals surface area contributed by atoms with Gasteiger partial charge < -0.3 is 4.90 Å². The summed E-state index contributed by atoms with van der Waals surface area (Å²) >= 11 is 3.53. The van der Waals surface area contributed by atoms with Gasteiger partial charge in [0.25, 0.3) is 5.56 Å². The van der Waals surface area contributed by atoms with Crippen molar-refractivity contribution >= 4 is 26.8 Å². The molecule has 5 nitrogen and oxygen atoms in total. The number of benzene rings is 1. The second-order valence-corrected chi connectivity index (χ2v) is 8.00. The first-order valence-corrected chi connectivity index (χ1v) is 10.5. The van der Waals surface area contributed by atoms with Crippen molar-refractivity contribution in [3.05, 3.63) is 38.9 Å². The van der Waals surface area contributed by atoms with E-state index in [9.17, 15) is 4.79 Å². The molecular formula is C20H29BrN4O. The van der Waals surface area contributed by atoms with E-state index in [4.69, 9.17) is 4.98 Å². The zero-order chi connectivity index (χ0) is 18.7. The van der Waals surface area contributed by atoms with E-state index in [-0.39, 0.29) is 11.6 Å². The van der Waals surface area contributed by atoms with Gasteiger partial charge in [0.15, 0.2) is 0 Å². The molecule has 26 heavy (non-hydrogen) atoms. The number of fused-ring (bicyclic) bond motifs is 1. The van der Waals surface area contributed by atoms with Crippen LogP contribution in [0, 0.1) is 0 Å². The van der Waals surface area contributed by atoms with Gasteiger partial charge in [-0.3, -0.25) is 14.3 Å². The maximum atomic E-state index is 13.2. The molecule has 1 aromatic carbocycles. The second kappa shape index (κ2) is 8.63. The first-order chi connectivity index (χ1) is 12.6. The Morgan fingerprint density at radius 3 is 2.73 bits per heavy atom. The van der Waals surface area contributed by atoms with E-state index in [1.807, 2.05) is 29.7 Å². The van der Waals surface area contributed by atoms with Crippen molar-refractivity contribution in [2.75, 3.05) is 33.2 Å². The Hall–Kier alpha value is -1.24. The summed E-state index contributed by atoms with van der Waals surface area (Å²) in [5.74, 6) is 0.925. The summed E-state index contributed by atoms with van der Waals surface area (Å²) in [6.07, 6.45) is 3.26. The van der Waals surface area contributed by atoms with Crippen molar-refractivity contribution < 1.29 is 0 Å². The predicted molar refractivity (Wildman–Crippen MR) is 111 cm³/mol. The molecule has 6 heteroatoms. The quantitative estimate of drug-likeness (QED) is 0.739. The lowest BCUT2D eigenvalue weighted by Gasteiger charge is -2.31. The van der Waals surface area contributed by atoms with Crippen LogP contribution in [0.15, 0.2) is 27.5 Å². The molecule has 0 spiro atoms. The lowest BCUT2D eigenvalue weighted by molar-refractivity contribution is 0.180. The van der Waals surface area contributed by atoms with Crippen molar-refractivity contribution in [2.45, 2.75) is 45.7 Å². The van der Waals surface area contributed by atoms with Crippen molar-refractivity contribution in [2.24, 2.45) is 0 Å². The van der Waals surface area contributed by atoms with Crippen LogP contribution in [-0.4, -0.2) is 52.6 Å². The van der Waals surface area contributed by atoms with E-state index in [1.54, 1.807) is 0 Å². The maximum absolute atomic E-state index is 13.2. The first-order valence-electron chi connectivity index (χ1n) is 9.68. The fourth-order valence-electron chi connectivity index (χ4n) is 3.93. The van der Waals surface area contributed by atoms with E-state index in [0.717, 1.165) is 61.3 Å². The van der Waals surface area contributed by atoms with Gasteiger partial charge in [-0.05, 0) is 61.4 Å². The van der Waals surface area contributed by atoms with Crippen LogP contribution in [0.25, 0.3) is 10.9 Å². The Morgan fingerprint density at radius 2 is 2.00 bits per heavy atom. The van der Waals surface area contributed by atoms with Gasteiger partial charge in [0.1, 0.15) is 5.82 Å². The first kappa shape index (κ1) is 19.5. The number of aromatic nitrogens is 2. The lowest BCUT2D eigenvalue weighted by atomic mass is 10.1. The molecule has 0 saturated carbocycles. The monoisotopic (exact) mass is 420 g/mol. The molecule has 0 bridgehead atoms. The molecule has 1 unspecified atom stereocenters. The minimum absolute atomic E-state index is 0.0630. The number of hydrogen-bond donors (Lipinski definition) is 0. The smallest absolute Gasteiger partial charge is 0.262 e. The summed E-state index contributed by atoms with van der Waals surface area (Å²) in [5, 5.41) is 0.684. The van der Waals surface area contributed by atoms with E-state index >= 15 is 0 Å². The molecule has 0 aliphatic carbocycles. The molecule has 3 rings (SSSR count). The highest BCUT2D eigenvalue weighted by molar-refractivity contribution is 9.10. The van der Waals surface area contributed by atoms with Crippen LogP contribution in [0.2, 0.25) is 0 Å². The summed E-state index contributed by atoms with van der Waals surface area (Å²) in [4.78, 5) is 23.1. The fraction of sp³-hybridized carbons (Fsp3) is 0.600. The average molecular weight is 421 g/mol. The maximum Gasteiger partial charge on any atom is 0.262 e. The Morgan fingerprint density at radius 1 is 1.19 bits per heavy atom. The summed E-state index contributed by atoms with van der Waals surface area (Å²) in [5.41, 5.74) is 0.852. The summed E-state index contributed by atoms with van der Waals surface area (Å²) in [7, 11) is 2.19. The molecule has 0 amide bonds. The Kier molecular flexibility index (Phi) is 6.48. The van der Waals surface area contributed by atoms with Gasteiger partial charge in [-0.1, -0.05) is 19.4 Å². The van der Waals surface area contributed by atoms with Crippen LogP contribution in [0.4, 0.5) is 0 Å². The molecule has 1 aromatic heterocycles. The number of rotatable bonds is 5. The highest BCUT2D eigenvalue weighted by Crippen LogP contribution is 2.27. The van der Waals surface area contributed by atoms with Crippen molar-refractivity contribution in [3.8, 4) is 0 Å². The number of likely N-dealkylation sites (N-methyl/N-ethyl adjacent to an activating group) is 1. The molecule has 1 aliphatic rings. The molecular weight excluding hydrogens is 392 g/mol. The Balaban J connectivity index is 2.11. The minimum atomic E-state index is 0.0630. The van der Waals surface area contributed by atoms with Gasteiger partial charge in [0, 0.05) is 30.7 Å². The topological polar surface area (TPSA) is 41.4 Å². The van der Waals surface area contributed by atoms with E-state index in [2.05, 4.69) is 39.7 Å². The molecule has 0 N–H and O–H groups in total. The Bertz CT molecular complexity index is 819. The van der Waals surface area contributed by atoms with Gasteiger partial charge in [0.05, 0.1) is 16.9 Å². The number of hydrogen-bond acceptors (Lipinski definition) is 4. The van der Waals surface area contributed by atoms with Gasteiger partial charge >= 0.3 is 0 Å². The predicted octanol–water partition coefficient (Wildman–Crippen LogP) is 3.66. The molecule has 2 aromatic rings. The lowest BCUT2D eigenvalue weighted by Crippen LogP contribution is -2.37. The van der Waals surface area contributed by atoms with Gasteiger partial charge in [0.2, 0.25) is 0 Å². The third-order valence-corrected chi connectivity index (χ3v) is 5.99. The zero-order valence-corrected chi connectivity index (χ0v) is 17.6. The van der Waals surface area contributed by atoms with E-state index < -0.39 is 0 Å². The van der Waals surface area contributed by atoms with Crippen LogP contribution in [0.1, 0.15) is 45.0 Å². The highest BCUT2D eigenvalue weighted by atomic mass is 79.9. The van der Waals surface area contributed by atoms with Crippen molar-refractivity contribution in [1.82, 2.24) is 19.4 Å². The van der Waals surface area contributed by atoms with Gasteiger partial charge in [-0.2, -0.15) is 0 Å². The van der Waals surface area contributed by atoms with Gasteiger partial charge in [-0.15, -0.1) is 0 Å².